The molecule has 5 nitrogen and oxygen atoms in total. The van der Waals surface area contributed by atoms with E-state index in [9.17, 15) is 9.18 Å². The minimum Gasteiger partial charge on any atom is -0.486 e. The van der Waals surface area contributed by atoms with E-state index in [0.29, 0.717) is 45.2 Å². The molecule has 0 atom stereocenters. The zero-order chi connectivity index (χ0) is 17.0. The van der Waals surface area contributed by atoms with E-state index >= 15 is 0 Å². The highest BCUT2D eigenvalue weighted by molar-refractivity contribution is 7.15. The Kier molecular flexibility index (Phi) is 3.05. The fraction of sp³-hybridized carbons (Fsp3) is 0.111. The van der Waals surface area contributed by atoms with Crippen LogP contribution in [0.25, 0.3) is 22.1 Å². The molecule has 1 aliphatic heterocycles. The molecular formula is C18H11FN2O3S. The summed E-state index contributed by atoms with van der Waals surface area (Å²) < 4.78 is 26.3. The number of thiazole rings is 1. The normalized spacial score (nSPS) is 14.5. The number of imidazole rings is 1. The van der Waals surface area contributed by atoms with Crippen LogP contribution in [-0.4, -0.2) is 22.6 Å². The Morgan fingerprint density at radius 1 is 1.12 bits per heavy atom. The lowest BCUT2D eigenvalue weighted by atomic mass is 10.2. The van der Waals surface area contributed by atoms with Crippen LogP contribution in [0.15, 0.2) is 41.2 Å². The number of nitrogens with zero attached hydrogens (tertiary/aromatic N) is 2. The van der Waals surface area contributed by atoms with Gasteiger partial charge in [0.05, 0.1) is 15.6 Å². The van der Waals surface area contributed by atoms with Crippen molar-refractivity contribution in [1.82, 2.24) is 9.38 Å². The van der Waals surface area contributed by atoms with Gasteiger partial charge in [-0.2, -0.15) is 0 Å². The van der Waals surface area contributed by atoms with E-state index in [1.54, 1.807) is 34.7 Å². The zero-order valence-corrected chi connectivity index (χ0v) is 13.7. The van der Waals surface area contributed by atoms with Crippen LogP contribution in [0.5, 0.6) is 11.5 Å². The molecule has 0 aliphatic carbocycles. The van der Waals surface area contributed by atoms with E-state index < -0.39 is 0 Å². The minimum atomic E-state index is -0.307. The maximum atomic E-state index is 13.0. The molecule has 7 heteroatoms. The van der Waals surface area contributed by atoms with Crippen molar-refractivity contribution >= 4 is 33.4 Å². The molecule has 3 heterocycles. The predicted molar refractivity (Wildman–Crippen MR) is 93.0 cm³/mol. The Balaban J connectivity index is 1.74. The summed E-state index contributed by atoms with van der Waals surface area (Å²) in [5, 5.41) is 0. The second-order valence-electron chi connectivity index (χ2n) is 5.68. The number of hydrogen-bond donors (Lipinski definition) is 0. The van der Waals surface area contributed by atoms with Crippen LogP contribution in [-0.2, 0) is 0 Å². The van der Waals surface area contributed by atoms with Crippen molar-refractivity contribution in [3.63, 3.8) is 0 Å². The fourth-order valence-electron chi connectivity index (χ4n) is 2.91. The van der Waals surface area contributed by atoms with Gasteiger partial charge in [-0.25, -0.2) is 13.8 Å². The Labute approximate surface area is 144 Å². The minimum absolute atomic E-state index is 0.150. The lowest BCUT2D eigenvalue weighted by Gasteiger charge is -2.17. The van der Waals surface area contributed by atoms with Gasteiger partial charge in [-0.3, -0.25) is 4.79 Å². The fourth-order valence-corrected chi connectivity index (χ4v) is 3.90. The molecule has 2 aromatic carbocycles. The molecule has 0 fully saturated rings. The number of benzene rings is 2. The van der Waals surface area contributed by atoms with Crippen molar-refractivity contribution in [2.75, 3.05) is 13.2 Å². The van der Waals surface area contributed by atoms with E-state index in [0.717, 1.165) is 5.56 Å². The zero-order valence-electron chi connectivity index (χ0n) is 12.9. The highest BCUT2D eigenvalue weighted by Gasteiger charge is 2.18. The number of rotatable bonds is 1. The van der Waals surface area contributed by atoms with Crippen LogP contribution < -0.4 is 19.6 Å². The molecule has 0 saturated heterocycles. The standard InChI is InChI=1S/C18H11FN2O3S/c19-11-3-1-10(2-4-11)7-16-17(22)21-13-9-15-14(23-5-6-24-15)8-12(13)20-18(21)25-16/h1-4,7-9H,5-6H2. The molecule has 124 valence electrons. The van der Waals surface area contributed by atoms with E-state index in [-0.39, 0.29) is 11.4 Å². The molecule has 0 spiro atoms. The number of hydrogen-bond acceptors (Lipinski definition) is 5. The van der Waals surface area contributed by atoms with Crippen LogP contribution in [0.4, 0.5) is 4.39 Å². The molecule has 25 heavy (non-hydrogen) atoms. The van der Waals surface area contributed by atoms with Gasteiger partial charge in [0.1, 0.15) is 19.0 Å². The van der Waals surface area contributed by atoms with Gasteiger partial charge in [0.15, 0.2) is 16.5 Å². The van der Waals surface area contributed by atoms with Crippen molar-refractivity contribution in [2.45, 2.75) is 0 Å². The molecule has 0 N–H and O–H groups in total. The van der Waals surface area contributed by atoms with Crippen molar-refractivity contribution in [3.05, 3.63) is 62.7 Å². The largest absolute Gasteiger partial charge is 0.486 e. The summed E-state index contributed by atoms with van der Waals surface area (Å²) in [5.74, 6) is 0.962. The van der Waals surface area contributed by atoms with Crippen molar-refractivity contribution in [1.29, 1.82) is 0 Å². The Morgan fingerprint density at radius 3 is 2.60 bits per heavy atom. The van der Waals surface area contributed by atoms with E-state index in [4.69, 9.17) is 9.47 Å². The molecular weight excluding hydrogens is 343 g/mol. The molecule has 0 unspecified atom stereocenters. The van der Waals surface area contributed by atoms with E-state index in [1.165, 1.54) is 23.5 Å². The summed E-state index contributed by atoms with van der Waals surface area (Å²) in [7, 11) is 0. The van der Waals surface area contributed by atoms with Crippen LogP contribution in [0, 0.1) is 5.82 Å². The monoisotopic (exact) mass is 354 g/mol. The van der Waals surface area contributed by atoms with Gasteiger partial charge in [0.25, 0.3) is 5.56 Å². The molecule has 0 saturated carbocycles. The maximum Gasteiger partial charge on any atom is 0.274 e. The first-order valence-corrected chi connectivity index (χ1v) is 8.52. The van der Waals surface area contributed by atoms with Gasteiger partial charge in [-0.15, -0.1) is 0 Å². The third-order valence-electron chi connectivity index (χ3n) is 4.07. The lowest BCUT2D eigenvalue weighted by Crippen LogP contribution is -2.22. The Morgan fingerprint density at radius 2 is 1.84 bits per heavy atom. The Hall–Kier alpha value is -2.93. The highest BCUT2D eigenvalue weighted by Crippen LogP contribution is 2.34. The summed E-state index contributed by atoms with van der Waals surface area (Å²) in [4.78, 5) is 17.9. The number of fused-ring (bicyclic) bond motifs is 4. The van der Waals surface area contributed by atoms with Crippen molar-refractivity contribution < 1.29 is 13.9 Å². The SMILES string of the molecule is O=c1c(=Cc2ccc(F)cc2)sc2nc3cc4c(cc3n12)OCCO4. The van der Waals surface area contributed by atoms with E-state index in [1.807, 2.05) is 0 Å². The first-order chi connectivity index (χ1) is 12.2. The molecule has 0 bridgehead atoms. The maximum absolute atomic E-state index is 13.0. The summed E-state index contributed by atoms with van der Waals surface area (Å²) in [6, 6.07) is 9.60. The predicted octanol–water partition coefficient (Wildman–Crippen LogP) is 2.37. The van der Waals surface area contributed by atoms with Crippen LogP contribution in [0.1, 0.15) is 5.56 Å². The third-order valence-corrected chi connectivity index (χ3v) is 5.04. The second-order valence-corrected chi connectivity index (χ2v) is 6.69. The van der Waals surface area contributed by atoms with Crippen LogP contribution >= 0.6 is 11.3 Å². The molecule has 5 rings (SSSR count). The van der Waals surface area contributed by atoms with Gasteiger partial charge in [-0.1, -0.05) is 23.5 Å². The van der Waals surface area contributed by atoms with Crippen molar-refractivity contribution in [2.24, 2.45) is 0 Å². The van der Waals surface area contributed by atoms with E-state index in [2.05, 4.69) is 4.98 Å². The number of ether oxygens (including phenoxy) is 2. The summed E-state index contributed by atoms with van der Waals surface area (Å²) >= 11 is 1.30. The first-order valence-electron chi connectivity index (χ1n) is 7.71. The molecule has 1 aliphatic rings. The number of halogens is 1. The topological polar surface area (TPSA) is 52.8 Å². The summed E-state index contributed by atoms with van der Waals surface area (Å²) in [6.45, 7) is 0.988. The molecule has 0 radical (unpaired) electrons. The lowest BCUT2D eigenvalue weighted by molar-refractivity contribution is 0.172. The summed E-state index contributed by atoms with van der Waals surface area (Å²) in [5.41, 5.74) is 2.00. The van der Waals surface area contributed by atoms with Gasteiger partial charge in [0, 0.05) is 12.1 Å². The quantitative estimate of drug-likeness (QED) is 0.527. The Bertz CT molecular complexity index is 1230. The molecule has 2 aromatic heterocycles. The smallest absolute Gasteiger partial charge is 0.274 e. The van der Waals surface area contributed by atoms with Crippen molar-refractivity contribution in [3.8, 4) is 11.5 Å². The third kappa shape index (κ3) is 2.27. The van der Waals surface area contributed by atoms with Gasteiger partial charge < -0.3 is 9.47 Å². The summed E-state index contributed by atoms with van der Waals surface area (Å²) in [6.07, 6.45) is 1.74. The van der Waals surface area contributed by atoms with Crippen LogP contribution in [0.2, 0.25) is 0 Å². The molecule has 4 aromatic rings. The van der Waals surface area contributed by atoms with Gasteiger partial charge in [-0.05, 0) is 23.8 Å². The highest BCUT2D eigenvalue weighted by atomic mass is 32.1. The van der Waals surface area contributed by atoms with Gasteiger partial charge >= 0.3 is 0 Å². The second kappa shape index (κ2) is 5.29. The first kappa shape index (κ1) is 14.4. The average molecular weight is 354 g/mol. The average Bonchev–Trinajstić information content (AvgIpc) is 3.11. The van der Waals surface area contributed by atoms with Gasteiger partial charge in [0.2, 0.25) is 0 Å². The molecule has 0 amide bonds. The number of aromatic nitrogens is 2. The van der Waals surface area contributed by atoms with Crippen LogP contribution in [0.3, 0.4) is 0 Å².